The molecule has 0 atom stereocenters. The summed E-state index contributed by atoms with van der Waals surface area (Å²) in [5, 5.41) is 4.39. The van der Waals surface area contributed by atoms with E-state index >= 15 is 0 Å². The molecule has 0 amide bonds. The summed E-state index contributed by atoms with van der Waals surface area (Å²) in [4.78, 5) is 13.5. The van der Waals surface area contributed by atoms with Crippen LogP contribution in [-0.4, -0.2) is 30.7 Å². The summed E-state index contributed by atoms with van der Waals surface area (Å²) in [5.41, 5.74) is 0. The van der Waals surface area contributed by atoms with Crippen molar-refractivity contribution in [3.8, 4) is 0 Å². The Labute approximate surface area is 88.4 Å². The minimum Gasteiger partial charge on any atom is -0.309 e. The fourth-order valence-corrected chi connectivity index (χ4v) is 2.31. The van der Waals surface area contributed by atoms with Crippen molar-refractivity contribution < 1.29 is 4.79 Å². The number of rotatable bonds is 3. The van der Waals surface area contributed by atoms with Gasteiger partial charge < -0.3 is 4.90 Å². The van der Waals surface area contributed by atoms with Gasteiger partial charge in [-0.15, -0.1) is 12.4 Å². The van der Waals surface area contributed by atoms with Crippen LogP contribution < -0.4 is 0 Å². The highest BCUT2D eigenvalue weighted by atomic mass is 35.5. The van der Waals surface area contributed by atoms with Gasteiger partial charge in [0, 0.05) is 13.0 Å². The largest absolute Gasteiger partial charge is 0.309 e. The Hall–Kier alpha value is -0.250. The van der Waals surface area contributed by atoms with Crippen LogP contribution in [-0.2, 0) is 4.79 Å². The van der Waals surface area contributed by atoms with Gasteiger partial charge in [-0.2, -0.15) is 10.9 Å². The van der Waals surface area contributed by atoms with Gasteiger partial charge in [-0.3, -0.25) is 4.79 Å². The summed E-state index contributed by atoms with van der Waals surface area (Å²) in [7, 11) is 3.41. The second-order valence-corrected chi connectivity index (χ2v) is 4.95. The smallest absolute Gasteiger partial charge is 0.177 e. The van der Waals surface area contributed by atoms with Crippen LogP contribution in [0.4, 0.5) is 0 Å². The number of carbonyl (C=O) groups is 1. The average Bonchev–Trinajstić information content (AvgIpc) is 2.51. The highest BCUT2D eigenvalue weighted by molar-refractivity contribution is 8.34. The predicted octanol–water partition coefficient (Wildman–Crippen LogP) is 1.93. The Balaban J connectivity index is 0.00000144. The van der Waals surface area contributed by atoms with Crippen LogP contribution in [0.25, 0.3) is 0 Å². The molecule has 0 aliphatic carbocycles. The molecule has 13 heavy (non-hydrogen) atoms. The fraction of sp³-hybridized carbons (Fsp3) is 0.444. The molecule has 0 fully saturated rings. The summed E-state index contributed by atoms with van der Waals surface area (Å²) in [6.07, 6.45) is 4.59. The third-order valence-electron chi connectivity index (χ3n) is 1.67. The number of halogens is 1. The molecule has 2 nitrogen and oxygen atoms in total. The zero-order valence-electron chi connectivity index (χ0n) is 7.93. The summed E-state index contributed by atoms with van der Waals surface area (Å²) in [6, 6.07) is 0. The highest BCUT2D eigenvalue weighted by Crippen LogP contribution is 2.34. The lowest BCUT2D eigenvalue weighted by Gasteiger charge is -2.11. The van der Waals surface area contributed by atoms with Gasteiger partial charge in [0.1, 0.15) is 0 Å². The molecule has 1 aliphatic rings. The molecule has 0 saturated heterocycles. The van der Waals surface area contributed by atoms with Gasteiger partial charge in [0.15, 0.2) is 5.12 Å². The topological polar surface area (TPSA) is 20.3 Å². The third kappa shape index (κ3) is 4.50. The van der Waals surface area contributed by atoms with Crippen molar-refractivity contribution in [1.29, 1.82) is 0 Å². The Morgan fingerprint density at radius 2 is 1.85 bits per heavy atom. The van der Waals surface area contributed by atoms with Gasteiger partial charge in [0.05, 0.1) is 0 Å². The molecule has 1 heterocycles. The number of allylic oxidation sites excluding steroid dienone is 2. The second-order valence-electron chi connectivity index (χ2n) is 3.04. The fourth-order valence-electron chi connectivity index (χ4n) is 0.949. The Kier molecular flexibility index (Phi) is 6.12. The lowest BCUT2D eigenvalue weighted by molar-refractivity contribution is -0.111. The molecule has 4 heteroatoms. The number of hydrogen-bond acceptors (Lipinski definition) is 2. The molecule has 1 aliphatic heterocycles. The Morgan fingerprint density at radius 1 is 1.31 bits per heavy atom. The van der Waals surface area contributed by atoms with Crippen LogP contribution in [0.3, 0.4) is 0 Å². The first kappa shape index (κ1) is 12.8. The van der Waals surface area contributed by atoms with E-state index in [9.17, 15) is 4.79 Å². The molecule has 0 spiro atoms. The van der Waals surface area contributed by atoms with E-state index in [1.807, 2.05) is 42.0 Å². The normalized spacial score (nSPS) is 16.4. The zero-order valence-corrected chi connectivity index (χ0v) is 9.65. The number of carbonyl (C=O) groups excluding carboxylic acids is 1. The van der Waals surface area contributed by atoms with Crippen molar-refractivity contribution in [1.82, 2.24) is 4.90 Å². The quantitative estimate of drug-likeness (QED) is 0.736. The Morgan fingerprint density at radius 3 is 2.31 bits per heavy atom. The van der Waals surface area contributed by atoms with Crippen molar-refractivity contribution in [3.05, 3.63) is 23.0 Å². The standard InChI is InChI=1S/C9H15NOS.ClH/c1-10(2)6-5-9(11)12-7-3-4-8-12;/h3-4,7-8,12H,5-6H2,1-2H3;1H. The van der Waals surface area contributed by atoms with Crippen LogP contribution in [0.1, 0.15) is 6.42 Å². The van der Waals surface area contributed by atoms with E-state index in [4.69, 9.17) is 0 Å². The van der Waals surface area contributed by atoms with Crippen LogP contribution in [0.15, 0.2) is 23.0 Å². The van der Waals surface area contributed by atoms with E-state index in [-0.39, 0.29) is 12.4 Å². The first-order chi connectivity index (χ1) is 5.70. The molecule has 76 valence electrons. The lowest BCUT2D eigenvalue weighted by atomic mass is 10.4. The minimum atomic E-state index is -0.564. The van der Waals surface area contributed by atoms with Crippen LogP contribution >= 0.6 is 23.3 Å². The molecule has 0 N–H and O–H groups in total. The van der Waals surface area contributed by atoms with Gasteiger partial charge >= 0.3 is 0 Å². The maximum atomic E-state index is 11.4. The molecule has 0 radical (unpaired) electrons. The van der Waals surface area contributed by atoms with Gasteiger partial charge in [-0.1, -0.05) is 12.2 Å². The van der Waals surface area contributed by atoms with E-state index in [0.29, 0.717) is 11.5 Å². The molecule has 0 aromatic heterocycles. The number of nitrogens with zero attached hydrogens (tertiary/aromatic N) is 1. The first-order valence-electron chi connectivity index (χ1n) is 4.01. The zero-order chi connectivity index (χ0) is 8.97. The van der Waals surface area contributed by atoms with Gasteiger partial charge in [-0.25, -0.2) is 0 Å². The monoisotopic (exact) mass is 221 g/mol. The maximum Gasteiger partial charge on any atom is 0.177 e. The molecular formula is C9H16ClNOS. The lowest BCUT2D eigenvalue weighted by Crippen LogP contribution is -2.15. The van der Waals surface area contributed by atoms with E-state index in [1.54, 1.807) is 0 Å². The molecule has 0 aromatic rings. The molecule has 0 saturated carbocycles. The predicted molar refractivity (Wildman–Crippen MR) is 62.7 cm³/mol. The van der Waals surface area contributed by atoms with Crippen molar-refractivity contribution in [2.75, 3.05) is 20.6 Å². The summed E-state index contributed by atoms with van der Waals surface area (Å²) >= 11 is 0. The third-order valence-corrected chi connectivity index (χ3v) is 3.45. The maximum absolute atomic E-state index is 11.4. The SMILES string of the molecule is CN(C)CCC(=O)[SH]1C=CC=C1.Cl. The number of thiol groups is 1. The van der Waals surface area contributed by atoms with Crippen molar-refractivity contribution in [3.63, 3.8) is 0 Å². The van der Waals surface area contributed by atoms with E-state index in [0.717, 1.165) is 6.54 Å². The van der Waals surface area contributed by atoms with Gasteiger partial charge in [0.25, 0.3) is 0 Å². The summed E-state index contributed by atoms with van der Waals surface area (Å²) in [5.74, 6) is 0. The molecule has 1 rings (SSSR count). The van der Waals surface area contributed by atoms with Gasteiger partial charge in [0.2, 0.25) is 0 Å². The van der Waals surface area contributed by atoms with E-state index in [2.05, 4.69) is 0 Å². The molecule has 0 unspecified atom stereocenters. The van der Waals surface area contributed by atoms with Crippen molar-refractivity contribution in [2.24, 2.45) is 0 Å². The average molecular weight is 222 g/mol. The highest BCUT2D eigenvalue weighted by Gasteiger charge is 2.09. The molecular weight excluding hydrogens is 206 g/mol. The molecule has 0 bridgehead atoms. The van der Waals surface area contributed by atoms with Crippen molar-refractivity contribution in [2.45, 2.75) is 6.42 Å². The van der Waals surface area contributed by atoms with Crippen molar-refractivity contribution >= 4 is 28.4 Å². The minimum absolute atomic E-state index is 0. The second kappa shape index (κ2) is 6.24. The van der Waals surface area contributed by atoms with Gasteiger partial charge in [-0.05, 0) is 24.9 Å². The van der Waals surface area contributed by atoms with Crippen LogP contribution in [0, 0.1) is 0 Å². The Bertz CT molecular complexity index is 214. The van der Waals surface area contributed by atoms with E-state index in [1.165, 1.54) is 0 Å². The van der Waals surface area contributed by atoms with Crippen LogP contribution in [0.2, 0.25) is 0 Å². The van der Waals surface area contributed by atoms with E-state index < -0.39 is 10.9 Å². The summed E-state index contributed by atoms with van der Waals surface area (Å²) < 4.78 is 0. The number of hydrogen-bond donors (Lipinski definition) is 1. The van der Waals surface area contributed by atoms with Crippen LogP contribution in [0.5, 0.6) is 0 Å². The summed E-state index contributed by atoms with van der Waals surface area (Å²) in [6.45, 7) is 0.860. The first-order valence-corrected chi connectivity index (χ1v) is 5.49. The molecule has 0 aromatic carbocycles.